The lowest BCUT2D eigenvalue weighted by atomic mass is 10.1. The van der Waals surface area contributed by atoms with E-state index in [2.05, 4.69) is 5.32 Å². The second-order valence-electron chi connectivity index (χ2n) is 4.82. The molecule has 0 aromatic heterocycles. The lowest BCUT2D eigenvalue weighted by Gasteiger charge is -2.13. The van der Waals surface area contributed by atoms with Crippen molar-refractivity contribution < 1.29 is 24.9 Å². The van der Waals surface area contributed by atoms with Crippen molar-refractivity contribution in [1.82, 2.24) is 5.32 Å². The number of carboxylic acids is 2. The fourth-order valence-electron chi connectivity index (χ4n) is 1.60. The standard InChI is InChI=1S/C12H25N3O5.3ClH/c13-9(11(17)18)3-1-2-6-15-7-8(16)4-5-10(14)12(19)20;;;/h8-10,15-16H,1-7,13-14H2,(H,17,18)(H,19,20);3*1H/t8-,9-,10-;;;/m0.../s1. The number of aliphatic hydroxyl groups excluding tert-OH is 1. The highest BCUT2D eigenvalue weighted by molar-refractivity contribution is 5.86. The topological polar surface area (TPSA) is 159 Å². The van der Waals surface area contributed by atoms with Crippen LogP contribution in [0.2, 0.25) is 0 Å². The predicted octanol–water partition coefficient (Wildman–Crippen LogP) is -0.0234. The summed E-state index contributed by atoms with van der Waals surface area (Å²) in [5, 5.41) is 29.8. The molecule has 0 aliphatic rings. The van der Waals surface area contributed by atoms with Crippen LogP contribution < -0.4 is 16.8 Å². The van der Waals surface area contributed by atoms with Crippen LogP contribution in [0, 0.1) is 0 Å². The summed E-state index contributed by atoms with van der Waals surface area (Å²) in [6.45, 7) is 1.01. The van der Waals surface area contributed by atoms with Crippen molar-refractivity contribution in [2.24, 2.45) is 11.5 Å². The van der Waals surface area contributed by atoms with E-state index in [0.717, 1.165) is 6.42 Å². The molecule has 0 amide bonds. The molecular formula is C12H28Cl3N3O5. The van der Waals surface area contributed by atoms with Gasteiger partial charge in [-0.3, -0.25) is 9.59 Å². The van der Waals surface area contributed by atoms with Gasteiger partial charge >= 0.3 is 11.9 Å². The number of aliphatic carboxylic acids is 2. The normalized spacial score (nSPS) is 13.5. The molecule has 0 heterocycles. The first-order valence-corrected chi connectivity index (χ1v) is 6.70. The third-order valence-corrected chi connectivity index (χ3v) is 2.94. The number of aliphatic hydroxyl groups is 1. The molecule has 0 fully saturated rings. The first-order chi connectivity index (χ1) is 9.34. The van der Waals surface area contributed by atoms with Crippen LogP contribution in [-0.4, -0.2) is 58.5 Å². The quantitative estimate of drug-likeness (QED) is 0.249. The molecule has 0 aromatic carbocycles. The molecule has 0 saturated heterocycles. The van der Waals surface area contributed by atoms with Gasteiger partial charge in [-0.15, -0.1) is 37.2 Å². The van der Waals surface area contributed by atoms with E-state index in [1.807, 2.05) is 0 Å². The minimum Gasteiger partial charge on any atom is -0.480 e. The first kappa shape index (κ1) is 30.5. The van der Waals surface area contributed by atoms with E-state index in [-0.39, 0.29) is 43.6 Å². The zero-order valence-electron chi connectivity index (χ0n) is 12.7. The Morgan fingerprint density at radius 3 is 1.83 bits per heavy atom. The van der Waals surface area contributed by atoms with Crippen molar-refractivity contribution in [3.05, 3.63) is 0 Å². The predicted molar refractivity (Wildman–Crippen MR) is 94.9 cm³/mol. The minimum atomic E-state index is -1.07. The van der Waals surface area contributed by atoms with Crippen molar-refractivity contribution in [2.45, 2.75) is 50.3 Å². The number of carbonyl (C=O) groups is 2. The highest BCUT2D eigenvalue weighted by atomic mass is 35.5. The van der Waals surface area contributed by atoms with Gasteiger partial charge < -0.3 is 32.1 Å². The van der Waals surface area contributed by atoms with Crippen LogP contribution in [0.25, 0.3) is 0 Å². The number of nitrogens with two attached hydrogens (primary N) is 2. The monoisotopic (exact) mass is 399 g/mol. The molecule has 142 valence electrons. The molecule has 0 unspecified atom stereocenters. The Kier molecular flexibility index (Phi) is 23.9. The second-order valence-corrected chi connectivity index (χ2v) is 4.82. The van der Waals surface area contributed by atoms with Gasteiger partial charge in [-0.2, -0.15) is 0 Å². The van der Waals surface area contributed by atoms with Crippen molar-refractivity contribution >= 4 is 49.2 Å². The summed E-state index contributed by atoms with van der Waals surface area (Å²) in [6.07, 6.45) is 1.80. The van der Waals surface area contributed by atoms with Crippen LogP contribution in [0.4, 0.5) is 0 Å². The summed E-state index contributed by atoms with van der Waals surface area (Å²) >= 11 is 0. The van der Waals surface area contributed by atoms with Crippen molar-refractivity contribution in [2.75, 3.05) is 13.1 Å². The molecule has 0 bridgehead atoms. The molecular weight excluding hydrogens is 373 g/mol. The Balaban J connectivity index is -0.000000602. The average molecular weight is 401 g/mol. The third kappa shape index (κ3) is 17.8. The number of halogens is 3. The van der Waals surface area contributed by atoms with Gasteiger partial charge in [-0.1, -0.05) is 6.42 Å². The van der Waals surface area contributed by atoms with Crippen LogP contribution in [0.3, 0.4) is 0 Å². The first-order valence-electron chi connectivity index (χ1n) is 6.70. The van der Waals surface area contributed by atoms with Gasteiger partial charge in [0.1, 0.15) is 12.1 Å². The van der Waals surface area contributed by atoms with Gasteiger partial charge in [0.25, 0.3) is 0 Å². The minimum absolute atomic E-state index is 0. The summed E-state index contributed by atoms with van der Waals surface area (Å²) in [5.41, 5.74) is 10.7. The maximum atomic E-state index is 10.5. The van der Waals surface area contributed by atoms with Gasteiger partial charge in [0, 0.05) is 6.54 Å². The Morgan fingerprint density at radius 1 is 0.870 bits per heavy atom. The molecule has 0 aromatic rings. The lowest BCUT2D eigenvalue weighted by molar-refractivity contribution is -0.139. The molecule has 23 heavy (non-hydrogen) atoms. The average Bonchev–Trinajstić information content (AvgIpc) is 2.39. The lowest BCUT2D eigenvalue weighted by Crippen LogP contribution is -2.33. The Hall–Kier alpha value is -0.350. The second kappa shape index (κ2) is 18.0. The van der Waals surface area contributed by atoms with E-state index in [9.17, 15) is 14.7 Å². The summed E-state index contributed by atoms with van der Waals surface area (Å²) < 4.78 is 0. The largest absolute Gasteiger partial charge is 0.480 e. The fourth-order valence-corrected chi connectivity index (χ4v) is 1.60. The van der Waals surface area contributed by atoms with E-state index in [1.54, 1.807) is 0 Å². The van der Waals surface area contributed by atoms with Crippen molar-refractivity contribution in [1.29, 1.82) is 0 Å². The van der Waals surface area contributed by atoms with Crippen LogP contribution in [0.5, 0.6) is 0 Å². The molecule has 0 spiro atoms. The zero-order chi connectivity index (χ0) is 15.5. The van der Waals surface area contributed by atoms with Crippen molar-refractivity contribution in [3.8, 4) is 0 Å². The van der Waals surface area contributed by atoms with Gasteiger partial charge in [-0.05, 0) is 32.2 Å². The Morgan fingerprint density at radius 2 is 1.35 bits per heavy atom. The summed E-state index contributed by atoms with van der Waals surface area (Å²) in [7, 11) is 0. The highest BCUT2D eigenvalue weighted by Gasteiger charge is 2.14. The van der Waals surface area contributed by atoms with E-state index < -0.39 is 30.1 Å². The van der Waals surface area contributed by atoms with Crippen LogP contribution in [-0.2, 0) is 9.59 Å². The van der Waals surface area contributed by atoms with Crippen molar-refractivity contribution in [3.63, 3.8) is 0 Å². The van der Waals surface area contributed by atoms with E-state index in [0.29, 0.717) is 32.4 Å². The molecule has 0 aliphatic heterocycles. The molecule has 3 atom stereocenters. The molecule has 0 saturated carbocycles. The molecule has 8 nitrogen and oxygen atoms in total. The van der Waals surface area contributed by atoms with Gasteiger partial charge in [-0.25, -0.2) is 0 Å². The Labute approximate surface area is 154 Å². The maximum absolute atomic E-state index is 10.5. The number of hydrogen-bond donors (Lipinski definition) is 6. The van der Waals surface area contributed by atoms with Gasteiger partial charge in [0.05, 0.1) is 6.10 Å². The highest BCUT2D eigenvalue weighted by Crippen LogP contribution is 2.01. The summed E-state index contributed by atoms with van der Waals surface area (Å²) in [5.74, 6) is -2.07. The molecule has 11 heteroatoms. The number of rotatable bonds is 12. The molecule has 8 N–H and O–H groups in total. The van der Waals surface area contributed by atoms with Gasteiger partial charge in [0.2, 0.25) is 0 Å². The number of carboxylic acid groups (broad SMARTS) is 2. The maximum Gasteiger partial charge on any atom is 0.320 e. The summed E-state index contributed by atoms with van der Waals surface area (Å²) in [4.78, 5) is 20.9. The van der Waals surface area contributed by atoms with Crippen LogP contribution in [0.15, 0.2) is 0 Å². The van der Waals surface area contributed by atoms with E-state index >= 15 is 0 Å². The number of nitrogens with one attached hydrogen (secondary N) is 1. The number of hydrogen-bond acceptors (Lipinski definition) is 6. The van der Waals surface area contributed by atoms with Gasteiger partial charge in [0.15, 0.2) is 0 Å². The SMILES string of the molecule is Cl.Cl.Cl.N[C@@H](CCCCNC[C@@H](O)CC[C@H](N)C(=O)O)C(=O)O. The zero-order valence-corrected chi connectivity index (χ0v) is 15.2. The van der Waals surface area contributed by atoms with Crippen LogP contribution >= 0.6 is 37.2 Å². The molecule has 0 rings (SSSR count). The van der Waals surface area contributed by atoms with E-state index in [4.69, 9.17) is 21.7 Å². The fraction of sp³-hybridized carbons (Fsp3) is 0.833. The van der Waals surface area contributed by atoms with E-state index in [1.165, 1.54) is 0 Å². The third-order valence-electron chi connectivity index (χ3n) is 2.94. The molecule has 0 aliphatic carbocycles. The number of unbranched alkanes of at least 4 members (excludes halogenated alkanes) is 1. The van der Waals surface area contributed by atoms with Crippen LogP contribution in [0.1, 0.15) is 32.1 Å². The molecule has 0 radical (unpaired) electrons. The smallest absolute Gasteiger partial charge is 0.320 e. The Bertz CT molecular complexity index is 314. The summed E-state index contributed by atoms with van der Waals surface area (Å²) in [6, 6.07) is -1.76.